The molecule has 1 aromatic heterocycles. The number of hydrogen-bond donors (Lipinski definition) is 0. The number of amides is 1. The molecule has 2 atom stereocenters. The summed E-state index contributed by atoms with van der Waals surface area (Å²) in [6.07, 6.45) is 5.15. The topological polar surface area (TPSA) is 62.6 Å². The molecule has 5 nitrogen and oxygen atoms in total. The number of aromatic nitrogens is 1. The largest absolute Gasteiger partial charge is 0.312 e. The van der Waals surface area contributed by atoms with Crippen LogP contribution in [-0.4, -0.2) is 34.9 Å². The van der Waals surface area contributed by atoms with Crippen LogP contribution < -0.4 is 4.90 Å². The van der Waals surface area contributed by atoms with Gasteiger partial charge in [-0.15, -0.1) is 0 Å². The van der Waals surface area contributed by atoms with Gasteiger partial charge in [0.2, 0.25) is 5.91 Å². The van der Waals surface area contributed by atoms with Crippen molar-refractivity contribution in [1.29, 1.82) is 0 Å². The van der Waals surface area contributed by atoms with Crippen LogP contribution in [0.5, 0.6) is 0 Å². The predicted molar refractivity (Wildman–Crippen MR) is 124 cm³/mol. The quantitative estimate of drug-likeness (QED) is 0.600. The second-order valence-corrected chi connectivity index (χ2v) is 10.8. The first-order valence-corrected chi connectivity index (χ1v) is 12.6. The van der Waals surface area contributed by atoms with E-state index in [1.165, 1.54) is 30.5 Å². The zero-order valence-electron chi connectivity index (χ0n) is 18.0. The lowest BCUT2D eigenvalue weighted by molar-refractivity contribution is -0.122. The van der Waals surface area contributed by atoms with Crippen LogP contribution in [0.2, 0.25) is 0 Å². The number of halogens is 1. The number of nitrogens with zero attached hydrogens (tertiary/aromatic N) is 3. The van der Waals surface area contributed by atoms with Crippen LogP contribution in [0.3, 0.4) is 0 Å². The first-order valence-electron chi connectivity index (χ1n) is 10.6. The second kappa shape index (κ2) is 7.81. The number of carbonyl (C=O) groups excluding carboxylic acids is 1. The molecule has 164 valence electrons. The zero-order chi connectivity index (χ0) is 22.5. The molecule has 32 heavy (non-hydrogen) atoms. The number of rotatable bonds is 3. The minimum Gasteiger partial charge on any atom is -0.312 e. The molecule has 2 aliphatic rings. The molecule has 0 fully saturated rings. The third kappa shape index (κ3) is 3.50. The molecule has 0 saturated heterocycles. The van der Waals surface area contributed by atoms with E-state index >= 15 is 0 Å². The Hall–Kier alpha value is -3.06. The van der Waals surface area contributed by atoms with E-state index in [4.69, 9.17) is 0 Å². The predicted octanol–water partition coefficient (Wildman–Crippen LogP) is 4.28. The van der Waals surface area contributed by atoms with Gasteiger partial charge >= 0.3 is 0 Å². The summed E-state index contributed by atoms with van der Waals surface area (Å²) in [7, 11) is -1.41. The van der Waals surface area contributed by atoms with Crippen LogP contribution in [-0.2, 0) is 33.8 Å². The van der Waals surface area contributed by atoms with Crippen molar-refractivity contribution in [1.82, 2.24) is 4.98 Å². The maximum absolute atomic E-state index is 14.6. The summed E-state index contributed by atoms with van der Waals surface area (Å²) in [6, 6.07) is 15.1. The van der Waals surface area contributed by atoms with Crippen molar-refractivity contribution < 1.29 is 13.4 Å². The van der Waals surface area contributed by atoms with Crippen LogP contribution >= 0.6 is 0 Å². The Balaban J connectivity index is 1.42. The van der Waals surface area contributed by atoms with Crippen molar-refractivity contribution in [2.45, 2.75) is 24.2 Å². The second-order valence-electron chi connectivity index (χ2n) is 8.44. The number of hydrogen-bond acceptors (Lipinski definition) is 4. The number of pyridine rings is 1. The standard InChI is InChI=1S/C25H24FN3O2S/c1-27-32(2,31)24-15-23-18(14-21(24)26)8-10-29(23)25(30)20-11-16-6-7-17(12-19(16)13-20)22-5-3-4-9-28-22/h3-7,9,12,14-15,20H,8,10-11,13H2,1-2H3/t20-,32-/m1/s1. The Kier molecular flexibility index (Phi) is 5.08. The van der Waals surface area contributed by atoms with Gasteiger partial charge in [0.25, 0.3) is 0 Å². The fraction of sp³-hybridized carbons (Fsp3) is 0.280. The van der Waals surface area contributed by atoms with Gasteiger partial charge < -0.3 is 4.90 Å². The van der Waals surface area contributed by atoms with E-state index in [1.54, 1.807) is 17.2 Å². The van der Waals surface area contributed by atoms with Crippen LogP contribution in [0.25, 0.3) is 11.3 Å². The average Bonchev–Trinajstić information content (AvgIpc) is 3.42. The SMILES string of the molecule is CN=[S@](C)(=O)c1cc2c(cc1F)CCN2C(=O)[C@@H]1Cc2ccc(-c3ccccn3)cc2C1. The first kappa shape index (κ1) is 20.8. The van der Waals surface area contributed by atoms with Crippen LogP contribution in [0.4, 0.5) is 10.1 Å². The van der Waals surface area contributed by atoms with Gasteiger partial charge in [0.05, 0.1) is 20.3 Å². The highest BCUT2D eigenvalue weighted by molar-refractivity contribution is 7.93. The molecule has 3 aromatic rings. The molecule has 0 unspecified atom stereocenters. The molecular formula is C25H24FN3O2S. The highest BCUT2D eigenvalue weighted by Crippen LogP contribution is 2.37. The molecule has 0 spiro atoms. The van der Waals surface area contributed by atoms with Crippen LogP contribution in [0.15, 0.2) is 64.0 Å². The normalized spacial score (nSPS) is 18.7. The first-order chi connectivity index (χ1) is 15.4. The molecule has 2 heterocycles. The van der Waals surface area contributed by atoms with Gasteiger partial charge in [-0.2, -0.15) is 0 Å². The Morgan fingerprint density at radius 1 is 1.12 bits per heavy atom. The molecule has 0 radical (unpaired) electrons. The van der Waals surface area contributed by atoms with Gasteiger partial charge in [-0.05, 0) is 66.3 Å². The van der Waals surface area contributed by atoms with E-state index in [1.807, 2.05) is 18.2 Å². The minimum absolute atomic E-state index is 0.0351. The fourth-order valence-corrected chi connectivity index (χ4v) is 5.66. The van der Waals surface area contributed by atoms with E-state index in [2.05, 4.69) is 27.5 Å². The lowest BCUT2D eigenvalue weighted by Crippen LogP contribution is -2.35. The molecule has 1 aliphatic carbocycles. The summed E-state index contributed by atoms with van der Waals surface area (Å²) in [5.74, 6) is -0.648. The maximum Gasteiger partial charge on any atom is 0.230 e. The third-order valence-corrected chi connectivity index (χ3v) is 8.33. The summed E-state index contributed by atoms with van der Waals surface area (Å²) in [6.45, 7) is 0.511. The number of anilines is 1. The molecule has 7 heteroatoms. The van der Waals surface area contributed by atoms with Crippen molar-refractivity contribution in [2.75, 3.05) is 24.7 Å². The number of benzene rings is 2. The van der Waals surface area contributed by atoms with Gasteiger partial charge in [0, 0.05) is 43.2 Å². The Bertz CT molecular complexity index is 1350. The summed E-state index contributed by atoms with van der Waals surface area (Å²) in [4.78, 5) is 19.7. The Morgan fingerprint density at radius 2 is 1.94 bits per heavy atom. The van der Waals surface area contributed by atoms with Gasteiger partial charge in [0.1, 0.15) is 5.82 Å². The van der Waals surface area contributed by atoms with Crippen molar-refractivity contribution >= 4 is 21.3 Å². The van der Waals surface area contributed by atoms with E-state index in [-0.39, 0.29) is 16.7 Å². The summed E-state index contributed by atoms with van der Waals surface area (Å²) >= 11 is 0. The highest BCUT2D eigenvalue weighted by Gasteiger charge is 2.35. The molecule has 2 aromatic carbocycles. The van der Waals surface area contributed by atoms with E-state index in [0.717, 1.165) is 16.8 Å². The number of carbonyl (C=O) groups is 1. The van der Waals surface area contributed by atoms with Crippen molar-refractivity contribution in [3.63, 3.8) is 0 Å². The Morgan fingerprint density at radius 3 is 2.69 bits per heavy atom. The summed E-state index contributed by atoms with van der Waals surface area (Å²) in [5.41, 5.74) is 5.76. The van der Waals surface area contributed by atoms with E-state index in [9.17, 15) is 13.4 Å². The van der Waals surface area contributed by atoms with E-state index in [0.29, 0.717) is 31.5 Å². The van der Waals surface area contributed by atoms with E-state index < -0.39 is 15.5 Å². The third-order valence-electron chi connectivity index (χ3n) is 6.50. The summed E-state index contributed by atoms with van der Waals surface area (Å²) in [5, 5.41) is 0. The molecule has 1 aliphatic heterocycles. The smallest absolute Gasteiger partial charge is 0.230 e. The van der Waals surface area contributed by atoms with Crippen molar-refractivity contribution in [3.8, 4) is 11.3 Å². The van der Waals surface area contributed by atoms with Crippen molar-refractivity contribution in [2.24, 2.45) is 10.3 Å². The lowest BCUT2D eigenvalue weighted by atomic mass is 10.0. The average molecular weight is 450 g/mol. The molecule has 1 amide bonds. The monoisotopic (exact) mass is 449 g/mol. The van der Waals surface area contributed by atoms with Gasteiger partial charge in [0.15, 0.2) is 0 Å². The van der Waals surface area contributed by atoms with Crippen LogP contribution in [0, 0.1) is 11.7 Å². The minimum atomic E-state index is -2.84. The summed E-state index contributed by atoms with van der Waals surface area (Å²) < 4.78 is 31.1. The maximum atomic E-state index is 14.6. The lowest BCUT2D eigenvalue weighted by Gasteiger charge is -2.22. The van der Waals surface area contributed by atoms with Crippen molar-refractivity contribution in [3.05, 3.63) is 77.2 Å². The van der Waals surface area contributed by atoms with Gasteiger partial charge in [-0.3, -0.25) is 9.78 Å². The molecule has 0 bridgehead atoms. The fourth-order valence-electron chi connectivity index (χ4n) is 4.71. The zero-order valence-corrected chi connectivity index (χ0v) is 18.9. The van der Waals surface area contributed by atoms with Crippen LogP contribution in [0.1, 0.15) is 16.7 Å². The number of fused-ring (bicyclic) bond motifs is 2. The van der Waals surface area contributed by atoms with Gasteiger partial charge in [-0.1, -0.05) is 18.2 Å². The molecule has 5 rings (SSSR count). The molecule has 0 N–H and O–H groups in total. The van der Waals surface area contributed by atoms with Gasteiger partial charge in [-0.25, -0.2) is 13.0 Å². The molecular weight excluding hydrogens is 425 g/mol. The highest BCUT2D eigenvalue weighted by atomic mass is 32.2. The Labute approximate surface area is 187 Å². The molecule has 0 saturated carbocycles.